The zero-order valence-electron chi connectivity index (χ0n) is 21.1. The number of hydrogen-bond acceptors (Lipinski definition) is 6. The predicted octanol–water partition coefficient (Wildman–Crippen LogP) is 4.49. The summed E-state index contributed by atoms with van der Waals surface area (Å²) < 4.78 is 19.2. The standard InChI is InChI=1S/C27H37FN6OS/c1-20-8-14-34(15-9-20)24-18-23(33-12-2-3-13-33)30-25(31-24)32-26(36)29-19-27(10-16-35-17-11-27)21-4-6-22(28)7-5-21/h4-7,18,20H,2-3,8-17,19H2,1H3,(H2,29,30,31,32,36). The minimum atomic E-state index is -0.222. The van der Waals surface area contributed by atoms with Crippen molar-refractivity contribution in [2.45, 2.75) is 50.9 Å². The van der Waals surface area contributed by atoms with Crippen molar-refractivity contribution in [1.82, 2.24) is 15.3 Å². The van der Waals surface area contributed by atoms with Crippen LogP contribution in [-0.2, 0) is 10.2 Å². The van der Waals surface area contributed by atoms with Gasteiger partial charge < -0.3 is 25.2 Å². The van der Waals surface area contributed by atoms with Crippen LogP contribution in [0.1, 0.15) is 51.0 Å². The molecule has 1 aromatic heterocycles. The number of aromatic nitrogens is 2. The Morgan fingerprint density at radius 2 is 1.64 bits per heavy atom. The number of rotatable bonds is 6. The summed E-state index contributed by atoms with van der Waals surface area (Å²) in [4.78, 5) is 14.4. The first-order valence-electron chi connectivity index (χ1n) is 13.3. The van der Waals surface area contributed by atoms with Gasteiger partial charge in [0.05, 0.1) is 0 Å². The van der Waals surface area contributed by atoms with Gasteiger partial charge in [0.15, 0.2) is 5.11 Å². The third kappa shape index (κ3) is 5.89. The molecule has 194 valence electrons. The lowest BCUT2D eigenvalue weighted by atomic mass is 9.74. The van der Waals surface area contributed by atoms with Crippen LogP contribution < -0.4 is 20.4 Å². The smallest absolute Gasteiger partial charge is 0.232 e. The number of piperidine rings is 1. The highest BCUT2D eigenvalue weighted by atomic mass is 32.1. The molecular weight excluding hydrogens is 475 g/mol. The number of benzene rings is 1. The van der Waals surface area contributed by atoms with Crippen LogP contribution in [0.4, 0.5) is 22.0 Å². The second kappa shape index (κ2) is 11.3. The number of thiocarbonyl (C=S) groups is 1. The molecule has 2 aromatic rings. The van der Waals surface area contributed by atoms with Crippen molar-refractivity contribution in [2.24, 2.45) is 5.92 Å². The molecule has 36 heavy (non-hydrogen) atoms. The Kier molecular flexibility index (Phi) is 7.86. The van der Waals surface area contributed by atoms with E-state index in [1.165, 1.54) is 37.8 Å². The Morgan fingerprint density at radius 1 is 1.03 bits per heavy atom. The van der Waals surface area contributed by atoms with Crippen LogP contribution in [0.3, 0.4) is 0 Å². The zero-order chi connectivity index (χ0) is 25.0. The van der Waals surface area contributed by atoms with Crippen LogP contribution >= 0.6 is 12.2 Å². The first-order chi connectivity index (χ1) is 17.5. The second-order valence-electron chi connectivity index (χ2n) is 10.5. The van der Waals surface area contributed by atoms with Gasteiger partial charge in [0.1, 0.15) is 17.5 Å². The molecule has 4 heterocycles. The molecular formula is C27H37FN6OS. The van der Waals surface area contributed by atoms with E-state index in [4.69, 9.17) is 26.9 Å². The molecule has 0 bridgehead atoms. The molecule has 9 heteroatoms. The lowest BCUT2D eigenvalue weighted by Crippen LogP contribution is -2.45. The zero-order valence-corrected chi connectivity index (χ0v) is 22.0. The van der Waals surface area contributed by atoms with Crippen molar-refractivity contribution in [1.29, 1.82) is 0 Å². The molecule has 0 amide bonds. The maximum atomic E-state index is 13.6. The Hall–Kier alpha value is -2.52. The maximum Gasteiger partial charge on any atom is 0.232 e. The molecule has 3 aliphatic heterocycles. The third-order valence-corrected chi connectivity index (χ3v) is 8.20. The quantitative estimate of drug-likeness (QED) is 0.549. The molecule has 5 rings (SSSR count). The molecule has 2 N–H and O–H groups in total. The fourth-order valence-corrected chi connectivity index (χ4v) is 5.68. The van der Waals surface area contributed by atoms with Gasteiger partial charge in [-0.2, -0.15) is 9.97 Å². The van der Waals surface area contributed by atoms with Gasteiger partial charge >= 0.3 is 0 Å². The molecule has 0 unspecified atom stereocenters. The summed E-state index contributed by atoms with van der Waals surface area (Å²) in [6.07, 6.45) is 6.46. The van der Waals surface area contributed by atoms with Gasteiger partial charge in [-0.25, -0.2) is 4.39 Å². The van der Waals surface area contributed by atoms with Crippen LogP contribution in [0.5, 0.6) is 0 Å². The average Bonchev–Trinajstić information content (AvgIpc) is 3.44. The monoisotopic (exact) mass is 512 g/mol. The summed E-state index contributed by atoms with van der Waals surface area (Å²) in [5.41, 5.74) is 0.947. The highest BCUT2D eigenvalue weighted by Gasteiger charge is 2.34. The van der Waals surface area contributed by atoms with Crippen molar-refractivity contribution < 1.29 is 9.13 Å². The van der Waals surface area contributed by atoms with Gasteiger partial charge in [0.25, 0.3) is 0 Å². The van der Waals surface area contributed by atoms with E-state index in [1.807, 2.05) is 12.1 Å². The van der Waals surface area contributed by atoms with E-state index in [2.05, 4.69) is 33.4 Å². The Balaban J connectivity index is 1.30. The van der Waals surface area contributed by atoms with Gasteiger partial charge in [-0.15, -0.1) is 0 Å². The Labute approximate surface area is 218 Å². The number of halogens is 1. The Morgan fingerprint density at radius 3 is 2.28 bits per heavy atom. The number of nitrogens with one attached hydrogen (secondary N) is 2. The van der Waals surface area contributed by atoms with Crippen molar-refractivity contribution in [3.05, 3.63) is 41.7 Å². The largest absolute Gasteiger partial charge is 0.381 e. The average molecular weight is 513 g/mol. The number of anilines is 3. The molecule has 3 fully saturated rings. The summed E-state index contributed by atoms with van der Waals surface area (Å²) in [5, 5.41) is 7.18. The van der Waals surface area contributed by atoms with Crippen LogP contribution in [0.25, 0.3) is 0 Å². The van der Waals surface area contributed by atoms with Crippen LogP contribution in [0, 0.1) is 11.7 Å². The van der Waals surface area contributed by atoms with Crippen LogP contribution in [-0.4, -0.2) is 61.0 Å². The van der Waals surface area contributed by atoms with Gasteiger partial charge in [-0.1, -0.05) is 19.1 Å². The van der Waals surface area contributed by atoms with E-state index in [9.17, 15) is 4.39 Å². The highest BCUT2D eigenvalue weighted by Crippen LogP contribution is 2.34. The van der Waals surface area contributed by atoms with E-state index in [0.29, 0.717) is 30.8 Å². The first kappa shape index (κ1) is 25.1. The minimum absolute atomic E-state index is 0.161. The predicted molar refractivity (Wildman–Crippen MR) is 146 cm³/mol. The third-order valence-electron chi connectivity index (χ3n) is 7.96. The minimum Gasteiger partial charge on any atom is -0.381 e. The molecule has 3 saturated heterocycles. The normalized spacial score (nSPS) is 20.4. The van der Waals surface area contributed by atoms with Gasteiger partial charge in [0, 0.05) is 57.4 Å². The lowest BCUT2D eigenvalue weighted by molar-refractivity contribution is 0.0515. The topological polar surface area (TPSA) is 65.5 Å². The summed E-state index contributed by atoms with van der Waals surface area (Å²) in [6, 6.07) is 8.96. The lowest BCUT2D eigenvalue weighted by Gasteiger charge is -2.38. The molecule has 0 radical (unpaired) electrons. The molecule has 0 aliphatic carbocycles. The highest BCUT2D eigenvalue weighted by molar-refractivity contribution is 7.80. The molecule has 7 nitrogen and oxygen atoms in total. The summed E-state index contributed by atoms with van der Waals surface area (Å²) in [5.74, 6) is 3.01. The maximum absolute atomic E-state index is 13.6. The van der Waals surface area contributed by atoms with E-state index < -0.39 is 0 Å². The molecule has 0 atom stereocenters. The molecule has 0 saturated carbocycles. The van der Waals surface area contributed by atoms with E-state index in [-0.39, 0.29) is 11.2 Å². The van der Waals surface area contributed by atoms with Crippen molar-refractivity contribution in [3.8, 4) is 0 Å². The number of nitrogens with zero attached hydrogens (tertiary/aromatic N) is 4. The van der Waals surface area contributed by atoms with Crippen LogP contribution in [0.2, 0.25) is 0 Å². The number of ether oxygens (including phenoxy) is 1. The summed E-state index contributed by atoms with van der Waals surface area (Å²) in [6.45, 7) is 8.40. The van der Waals surface area contributed by atoms with Crippen LogP contribution in [0.15, 0.2) is 30.3 Å². The molecule has 1 aromatic carbocycles. The van der Waals surface area contributed by atoms with Gasteiger partial charge in [-0.05, 0) is 74.4 Å². The van der Waals surface area contributed by atoms with Gasteiger partial charge in [0.2, 0.25) is 5.95 Å². The van der Waals surface area contributed by atoms with E-state index in [1.54, 1.807) is 0 Å². The van der Waals surface area contributed by atoms with E-state index in [0.717, 1.165) is 62.1 Å². The first-order valence-corrected chi connectivity index (χ1v) is 13.7. The fourth-order valence-electron chi connectivity index (χ4n) is 5.51. The molecule has 3 aliphatic rings. The number of hydrogen-bond donors (Lipinski definition) is 2. The van der Waals surface area contributed by atoms with Crippen molar-refractivity contribution in [2.75, 3.05) is 61.1 Å². The SMILES string of the molecule is CC1CCN(c2cc(N3CCCC3)nc(NC(=S)NCC3(c4ccc(F)cc4)CCOCC3)n2)CC1. The van der Waals surface area contributed by atoms with Crippen molar-refractivity contribution >= 4 is 34.9 Å². The summed E-state index contributed by atoms with van der Waals surface area (Å²) in [7, 11) is 0. The van der Waals surface area contributed by atoms with Gasteiger partial charge in [-0.3, -0.25) is 0 Å². The second-order valence-corrected chi connectivity index (χ2v) is 10.9. The molecule has 0 spiro atoms. The van der Waals surface area contributed by atoms with Crippen molar-refractivity contribution in [3.63, 3.8) is 0 Å². The van der Waals surface area contributed by atoms with E-state index >= 15 is 0 Å². The fraction of sp³-hybridized carbons (Fsp3) is 0.593. The Bertz CT molecular complexity index is 1030. The summed E-state index contributed by atoms with van der Waals surface area (Å²) >= 11 is 5.70.